The van der Waals surface area contributed by atoms with Crippen LogP contribution in [-0.2, 0) is 15.1 Å². The molecule has 2 aliphatic rings. The SMILES string of the molecule is O=C1CCN(c2ccccc2)C2=C1CC(c1ccccc1)(c1ccccc1)O2. The van der Waals surface area contributed by atoms with Gasteiger partial charge in [0.15, 0.2) is 11.4 Å². The molecular weight excluding hydrogens is 346 g/mol. The molecule has 3 aromatic rings. The number of hydrogen-bond donors (Lipinski definition) is 0. The van der Waals surface area contributed by atoms with Crippen molar-refractivity contribution in [1.29, 1.82) is 0 Å². The Morgan fingerprint density at radius 2 is 1.29 bits per heavy atom. The van der Waals surface area contributed by atoms with Crippen molar-refractivity contribution >= 4 is 11.5 Å². The molecular formula is C25H21NO2. The molecule has 0 radical (unpaired) electrons. The summed E-state index contributed by atoms with van der Waals surface area (Å²) in [6.45, 7) is 0.640. The van der Waals surface area contributed by atoms with Gasteiger partial charge in [-0.25, -0.2) is 0 Å². The minimum absolute atomic E-state index is 0.191. The van der Waals surface area contributed by atoms with E-state index in [9.17, 15) is 4.79 Å². The van der Waals surface area contributed by atoms with Crippen LogP contribution < -0.4 is 4.90 Å². The maximum atomic E-state index is 12.8. The van der Waals surface area contributed by atoms with Crippen LogP contribution >= 0.6 is 0 Å². The van der Waals surface area contributed by atoms with Gasteiger partial charge in [-0.3, -0.25) is 4.79 Å². The highest BCUT2D eigenvalue weighted by atomic mass is 16.5. The molecule has 2 aliphatic heterocycles. The highest BCUT2D eigenvalue weighted by Gasteiger charge is 2.48. The van der Waals surface area contributed by atoms with E-state index in [2.05, 4.69) is 41.3 Å². The average molecular weight is 367 g/mol. The monoisotopic (exact) mass is 367 g/mol. The molecule has 3 heteroatoms. The molecule has 0 bridgehead atoms. The Bertz CT molecular complexity index is 986. The summed E-state index contributed by atoms with van der Waals surface area (Å²) in [4.78, 5) is 15.0. The number of benzene rings is 3. The van der Waals surface area contributed by atoms with Crippen LogP contribution in [-0.4, -0.2) is 12.3 Å². The standard InChI is InChI=1S/C25H21NO2/c27-23-16-17-26(21-14-8-3-9-15-21)24-22(23)18-25(28-24,19-10-4-1-5-11-19)20-12-6-2-7-13-20/h1-15H,16-18H2. The fraction of sp³-hybridized carbons (Fsp3) is 0.160. The number of ketones is 1. The zero-order chi connectivity index (χ0) is 19.0. The van der Waals surface area contributed by atoms with Gasteiger partial charge in [0, 0.05) is 36.2 Å². The molecule has 0 aromatic heterocycles. The predicted octanol–water partition coefficient (Wildman–Crippen LogP) is 5.04. The first-order chi connectivity index (χ1) is 13.8. The van der Waals surface area contributed by atoms with E-state index >= 15 is 0 Å². The Labute approximate surface area is 164 Å². The third-order valence-corrected chi connectivity index (χ3v) is 5.65. The summed E-state index contributed by atoms with van der Waals surface area (Å²) in [7, 11) is 0. The van der Waals surface area contributed by atoms with Crippen molar-refractivity contribution in [3.63, 3.8) is 0 Å². The molecule has 2 heterocycles. The van der Waals surface area contributed by atoms with E-state index in [-0.39, 0.29) is 5.78 Å². The largest absolute Gasteiger partial charge is 0.462 e. The lowest BCUT2D eigenvalue weighted by Gasteiger charge is -2.34. The Kier molecular flexibility index (Phi) is 4.01. The highest BCUT2D eigenvalue weighted by Crippen LogP contribution is 2.49. The number of hydrogen-bond acceptors (Lipinski definition) is 3. The summed E-state index contributed by atoms with van der Waals surface area (Å²) in [5.74, 6) is 0.895. The number of Topliss-reactive ketones (excluding diaryl/α,β-unsaturated/α-hetero) is 1. The summed E-state index contributed by atoms with van der Waals surface area (Å²) < 4.78 is 6.75. The second-order valence-electron chi connectivity index (χ2n) is 7.28. The summed E-state index contributed by atoms with van der Waals surface area (Å²) in [5.41, 5.74) is 3.30. The first-order valence-corrected chi connectivity index (χ1v) is 9.67. The molecule has 28 heavy (non-hydrogen) atoms. The maximum absolute atomic E-state index is 12.8. The molecule has 0 unspecified atom stereocenters. The van der Waals surface area contributed by atoms with Crippen molar-refractivity contribution in [3.8, 4) is 0 Å². The lowest BCUT2D eigenvalue weighted by atomic mass is 9.81. The van der Waals surface area contributed by atoms with Gasteiger partial charge in [-0.15, -0.1) is 0 Å². The van der Waals surface area contributed by atoms with Gasteiger partial charge in [0.25, 0.3) is 0 Å². The van der Waals surface area contributed by atoms with Gasteiger partial charge >= 0.3 is 0 Å². The van der Waals surface area contributed by atoms with Crippen LogP contribution in [0.15, 0.2) is 102 Å². The summed E-state index contributed by atoms with van der Waals surface area (Å²) >= 11 is 0. The van der Waals surface area contributed by atoms with Crippen LogP contribution in [0.3, 0.4) is 0 Å². The van der Waals surface area contributed by atoms with Crippen LogP contribution in [0.2, 0.25) is 0 Å². The molecule has 0 aliphatic carbocycles. The first-order valence-electron chi connectivity index (χ1n) is 9.67. The second kappa shape index (κ2) is 6.68. The molecule has 0 amide bonds. The Morgan fingerprint density at radius 3 is 1.86 bits per heavy atom. The third-order valence-electron chi connectivity index (χ3n) is 5.65. The Hall–Kier alpha value is -3.33. The molecule has 3 nitrogen and oxygen atoms in total. The van der Waals surface area contributed by atoms with Crippen molar-refractivity contribution in [1.82, 2.24) is 0 Å². The molecule has 0 saturated carbocycles. The number of anilines is 1. The van der Waals surface area contributed by atoms with Crippen LogP contribution in [0.4, 0.5) is 5.69 Å². The van der Waals surface area contributed by atoms with Gasteiger partial charge in [-0.1, -0.05) is 78.9 Å². The molecule has 5 rings (SSSR count). The topological polar surface area (TPSA) is 29.5 Å². The van der Waals surface area contributed by atoms with E-state index < -0.39 is 5.60 Å². The van der Waals surface area contributed by atoms with Gasteiger partial charge in [0.1, 0.15) is 0 Å². The van der Waals surface area contributed by atoms with Crippen LogP contribution in [0.5, 0.6) is 0 Å². The minimum Gasteiger partial charge on any atom is -0.462 e. The van der Waals surface area contributed by atoms with E-state index in [4.69, 9.17) is 4.74 Å². The normalized spacial score (nSPS) is 18.0. The van der Waals surface area contributed by atoms with Gasteiger partial charge in [0.05, 0.1) is 5.57 Å². The zero-order valence-corrected chi connectivity index (χ0v) is 15.5. The molecule has 0 atom stereocenters. The number of ether oxygens (including phenoxy) is 1. The smallest absolute Gasteiger partial charge is 0.202 e. The second-order valence-corrected chi connectivity index (χ2v) is 7.28. The molecule has 0 fully saturated rings. The summed E-state index contributed by atoms with van der Waals surface area (Å²) in [6.07, 6.45) is 1.06. The highest BCUT2D eigenvalue weighted by molar-refractivity contribution is 5.99. The number of nitrogens with zero attached hydrogens (tertiary/aromatic N) is 1. The van der Waals surface area contributed by atoms with Crippen molar-refractivity contribution < 1.29 is 9.53 Å². The van der Waals surface area contributed by atoms with Gasteiger partial charge < -0.3 is 9.64 Å². The van der Waals surface area contributed by atoms with E-state index in [1.807, 2.05) is 54.6 Å². The van der Waals surface area contributed by atoms with Crippen molar-refractivity contribution in [2.24, 2.45) is 0 Å². The predicted molar refractivity (Wildman–Crippen MR) is 110 cm³/mol. The Balaban J connectivity index is 1.64. The minimum atomic E-state index is -0.680. The molecule has 0 saturated heterocycles. The van der Waals surface area contributed by atoms with Gasteiger partial charge in [-0.05, 0) is 12.1 Å². The number of carbonyl (C=O) groups excluding carboxylic acids is 1. The number of carbonyl (C=O) groups is 1. The Morgan fingerprint density at radius 1 is 0.750 bits per heavy atom. The molecule has 0 N–H and O–H groups in total. The fourth-order valence-electron chi connectivity index (χ4n) is 4.25. The van der Waals surface area contributed by atoms with E-state index in [1.165, 1.54) is 0 Å². The number of rotatable bonds is 3. The quantitative estimate of drug-likeness (QED) is 0.649. The molecule has 0 spiro atoms. The van der Waals surface area contributed by atoms with Gasteiger partial charge in [0.2, 0.25) is 5.88 Å². The lowest BCUT2D eigenvalue weighted by Crippen LogP contribution is -2.33. The summed E-state index contributed by atoms with van der Waals surface area (Å²) in [6, 6.07) is 30.6. The zero-order valence-electron chi connectivity index (χ0n) is 15.5. The average Bonchev–Trinajstić information content (AvgIpc) is 3.19. The van der Waals surface area contributed by atoms with Crippen molar-refractivity contribution in [2.75, 3.05) is 11.4 Å². The van der Waals surface area contributed by atoms with E-state index in [0.717, 1.165) is 22.4 Å². The lowest BCUT2D eigenvalue weighted by molar-refractivity contribution is -0.115. The van der Waals surface area contributed by atoms with Crippen molar-refractivity contribution in [3.05, 3.63) is 114 Å². The first kappa shape index (κ1) is 16.8. The summed E-state index contributed by atoms with van der Waals surface area (Å²) in [5, 5.41) is 0. The maximum Gasteiger partial charge on any atom is 0.202 e. The van der Waals surface area contributed by atoms with E-state index in [0.29, 0.717) is 25.3 Å². The third kappa shape index (κ3) is 2.63. The van der Waals surface area contributed by atoms with E-state index in [1.54, 1.807) is 0 Å². The van der Waals surface area contributed by atoms with Crippen LogP contribution in [0.1, 0.15) is 24.0 Å². The van der Waals surface area contributed by atoms with Gasteiger partial charge in [-0.2, -0.15) is 0 Å². The fourth-order valence-corrected chi connectivity index (χ4v) is 4.25. The van der Waals surface area contributed by atoms with Crippen LogP contribution in [0.25, 0.3) is 0 Å². The molecule has 3 aromatic carbocycles. The van der Waals surface area contributed by atoms with Crippen molar-refractivity contribution in [2.45, 2.75) is 18.4 Å². The van der Waals surface area contributed by atoms with Crippen LogP contribution in [0, 0.1) is 0 Å². The number of para-hydroxylation sites is 1. The molecule has 138 valence electrons.